The minimum atomic E-state index is -0.245. The van der Waals surface area contributed by atoms with Crippen molar-refractivity contribution in [1.29, 1.82) is 0 Å². The van der Waals surface area contributed by atoms with Crippen LogP contribution < -0.4 is 0 Å². The van der Waals surface area contributed by atoms with E-state index in [1.54, 1.807) is 36.8 Å². The lowest BCUT2D eigenvalue weighted by atomic mass is 10.2. The van der Waals surface area contributed by atoms with Gasteiger partial charge < -0.3 is 14.2 Å². The second kappa shape index (κ2) is 6.67. The number of hydrogen-bond acceptors (Lipinski definition) is 5. The summed E-state index contributed by atoms with van der Waals surface area (Å²) in [6.45, 7) is 1.82. The predicted molar refractivity (Wildman–Crippen MR) is 96.1 cm³/mol. The number of thiazole rings is 1. The topological polar surface area (TPSA) is 43.2 Å². The molecule has 7 heteroatoms. The smallest absolute Gasteiger partial charge is 0.169 e. The Bertz CT molecular complexity index is 860. The Morgan fingerprint density at radius 3 is 2.80 bits per heavy atom. The van der Waals surface area contributed by atoms with E-state index < -0.39 is 0 Å². The van der Waals surface area contributed by atoms with Crippen molar-refractivity contribution in [2.75, 3.05) is 27.2 Å². The van der Waals surface area contributed by atoms with Gasteiger partial charge in [0.2, 0.25) is 0 Å². The van der Waals surface area contributed by atoms with Crippen LogP contribution in [-0.4, -0.2) is 52.8 Å². The molecule has 0 amide bonds. The van der Waals surface area contributed by atoms with Crippen LogP contribution in [0.25, 0.3) is 22.1 Å². The van der Waals surface area contributed by atoms with Gasteiger partial charge in [0.15, 0.2) is 10.8 Å². The third-order valence-electron chi connectivity index (χ3n) is 4.58. The first kappa shape index (κ1) is 16.4. The van der Waals surface area contributed by atoms with Crippen LogP contribution in [0.1, 0.15) is 6.04 Å². The predicted octanol–water partition coefficient (Wildman–Crippen LogP) is 3.31. The van der Waals surface area contributed by atoms with Gasteiger partial charge in [-0.1, -0.05) is 0 Å². The third kappa shape index (κ3) is 3.10. The van der Waals surface area contributed by atoms with Crippen molar-refractivity contribution in [3.8, 4) is 22.1 Å². The number of imidazole rings is 1. The largest absolute Gasteiger partial charge is 0.378 e. The minimum absolute atomic E-state index is 0.134. The van der Waals surface area contributed by atoms with E-state index in [0.717, 1.165) is 35.2 Å². The molecule has 0 bridgehead atoms. The standard InChI is InChI=1S/C18H19FN4OS/c1-22-9-15(16(10-22)24-2)23-8-7-20-17(23)18-21-14(11-25-18)12-3-5-13(19)6-4-12/h3-8,11,15-16H,9-10H2,1-2H3/t15-,16-/m0/s1. The van der Waals surface area contributed by atoms with Gasteiger partial charge in [0.25, 0.3) is 0 Å². The summed E-state index contributed by atoms with van der Waals surface area (Å²) in [5, 5.41) is 2.84. The molecule has 1 aliphatic heterocycles. The van der Waals surface area contributed by atoms with Crippen LogP contribution in [0, 0.1) is 5.82 Å². The fourth-order valence-corrected chi connectivity index (χ4v) is 4.14. The van der Waals surface area contributed by atoms with Gasteiger partial charge in [0.05, 0.1) is 17.8 Å². The van der Waals surface area contributed by atoms with Crippen molar-refractivity contribution < 1.29 is 9.13 Å². The molecule has 0 saturated carbocycles. The van der Waals surface area contributed by atoms with Gasteiger partial charge in [-0.3, -0.25) is 0 Å². The fraction of sp³-hybridized carbons (Fsp3) is 0.333. The molecule has 1 aromatic carbocycles. The van der Waals surface area contributed by atoms with E-state index >= 15 is 0 Å². The highest BCUT2D eigenvalue weighted by Gasteiger charge is 2.33. The molecule has 1 aliphatic rings. The van der Waals surface area contributed by atoms with Gasteiger partial charge >= 0.3 is 0 Å². The fourth-order valence-electron chi connectivity index (χ4n) is 3.31. The Kier molecular flexibility index (Phi) is 4.37. The second-order valence-corrected chi connectivity index (χ2v) is 7.12. The molecule has 0 unspecified atom stereocenters. The van der Waals surface area contributed by atoms with E-state index in [2.05, 4.69) is 21.5 Å². The van der Waals surface area contributed by atoms with Crippen molar-refractivity contribution in [2.45, 2.75) is 12.1 Å². The molecule has 3 aromatic rings. The molecule has 5 nitrogen and oxygen atoms in total. The summed E-state index contributed by atoms with van der Waals surface area (Å²) < 4.78 is 20.9. The molecular weight excluding hydrogens is 339 g/mol. The van der Waals surface area contributed by atoms with Crippen molar-refractivity contribution >= 4 is 11.3 Å². The number of likely N-dealkylation sites (N-methyl/N-ethyl adjacent to an activating group) is 1. The highest BCUT2D eigenvalue weighted by Crippen LogP contribution is 2.32. The number of halogens is 1. The van der Waals surface area contributed by atoms with Gasteiger partial charge in [-0.25, -0.2) is 14.4 Å². The average Bonchev–Trinajstić information content (AvgIpc) is 3.33. The zero-order valence-electron chi connectivity index (χ0n) is 14.1. The summed E-state index contributed by atoms with van der Waals surface area (Å²) in [6.07, 6.45) is 3.93. The van der Waals surface area contributed by atoms with Gasteiger partial charge in [0.1, 0.15) is 5.82 Å². The maximum atomic E-state index is 13.1. The van der Waals surface area contributed by atoms with Crippen molar-refractivity contribution in [3.63, 3.8) is 0 Å². The molecule has 3 heterocycles. The molecule has 2 aromatic heterocycles. The van der Waals surface area contributed by atoms with E-state index in [9.17, 15) is 4.39 Å². The maximum Gasteiger partial charge on any atom is 0.169 e. The molecule has 130 valence electrons. The van der Waals surface area contributed by atoms with E-state index in [-0.39, 0.29) is 18.0 Å². The molecule has 2 atom stereocenters. The van der Waals surface area contributed by atoms with Gasteiger partial charge in [-0.05, 0) is 31.3 Å². The SMILES string of the molecule is CO[C@H]1CN(C)C[C@@H]1n1ccnc1-c1nc(-c2ccc(F)cc2)cs1. The van der Waals surface area contributed by atoms with Crippen molar-refractivity contribution in [2.24, 2.45) is 0 Å². The zero-order valence-corrected chi connectivity index (χ0v) is 14.9. The lowest BCUT2D eigenvalue weighted by Gasteiger charge is -2.20. The average molecular weight is 358 g/mol. The Morgan fingerprint density at radius 2 is 2.04 bits per heavy atom. The summed E-state index contributed by atoms with van der Waals surface area (Å²) in [6, 6.07) is 6.60. The first-order valence-corrected chi connectivity index (χ1v) is 8.99. The Balaban J connectivity index is 1.66. The van der Waals surface area contributed by atoms with Gasteiger partial charge in [0, 0.05) is 43.5 Å². The van der Waals surface area contributed by atoms with Crippen LogP contribution in [0.4, 0.5) is 4.39 Å². The summed E-state index contributed by atoms with van der Waals surface area (Å²) in [4.78, 5) is 11.5. The Hall–Kier alpha value is -2.09. The maximum absolute atomic E-state index is 13.1. The summed E-state index contributed by atoms with van der Waals surface area (Å²) in [5.74, 6) is 0.603. The molecular formula is C18H19FN4OS. The summed E-state index contributed by atoms with van der Waals surface area (Å²) in [7, 11) is 3.85. The number of rotatable bonds is 4. The highest BCUT2D eigenvalue weighted by molar-refractivity contribution is 7.13. The number of likely N-dealkylation sites (tertiary alicyclic amines) is 1. The second-order valence-electron chi connectivity index (χ2n) is 6.27. The quantitative estimate of drug-likeness (QED) is 0.718. The molecule has 1 saturated heterocycles. The van der Waals surface area contributed by atoms with Gasteiger partial charge in [-0.2, -0.15) is 0 Å². The summed E-state index contributed by atoms with van der Waals surface area (Å²) in [5.41, 5.74) is 1.73. The Morgan fingerprint density at radius 1 is 1.24 bits per heavy atom. The normalized spacial score (nSPS) is 21.1. The van der Waals surface area contributed by atoms with Crippen LogP contribution in [0.5, 0.6) is 0 Å². The number of methoxy groups -OCH3 is 1. The number of aromatic nitrogens is 3. The number of benzene rings is 1. The lowest BCUT2D eigenvalue weighted by Crippen LogP contribution is -2.24. The number of nitrogens with zero attached hydrogens (tertiary/aromatic N) is 4. The number of hydrogen-bond donors (Lipinski definition) is 0. The van der Waals surface area contributed by atoms with E-state index in [1.807, 2.05) is 11.6 Å². The van der Waals surface area contributed by atoms with Crippen molar-refractivity contribution in [3.05, 3.63) is 47.9 Å². The molecule has 0 radical (unpaired) electrons. The summed E-state index contributed by atoms with van der Waals surface area (Å²) >= 11 is 1.55. The van der Waals surface area contributed by atoms with Crippen LogP contribution in [0.3, 0.4) is 0 Å². The highest BCUT2D eigenvalue weighted by atomic mass is 32.1. The van der Waals surface area contributed by atoms with Gasteiger partial charge in [-0.15, -0.1) is 11.3 Å². The third-order valence-corrected chi connectivity index (χ3v) is 5.42. The van der Waals surface area contributed by atoms with E-state index in [1.165, 1.54) is 12.1 Å². The van der Waals surface area contributed by atoms with E-state index in [0.29, 0.717) is 0 Å². The Labute approximate surface area is 149 Å². The lowest BCUT2D eigenvalue weighted by molar-refractivity contribution is 0.0832. The zero-order chi connectivity index (χ0) is 17.4. The van der Waals surface area contributed by atoms with Crippen molar-refractivity contribution in [1.82, 2.24) is 19.4 Å². The van der Waals surface area contributed by atoms with Crippen LogP contribution >= 0.6 is 11.3 Å². The van der Waals surface area contributed by atoms with E-state index in [4.69, 9.17) is 9.72 Å². The minimum Gasteiger partial charge on any atom is -0.378 e. The molecule has 0 spiro atoms. The molecule has 1 fully saturated rings. The number of ether oxygens (including phenoxy) is 1. The van der Waals surface area contributed by atoms with Crippen LogP contribution in [0.2, 0.25) is 0 Å². The van der Waals surface area contributed by atoms with Crippen LogP contribution in [-0.2, 0) is 4.74 Å². The molecule has 4 rings (SSSR count). The first-order valence-electron chi connectivity index (χ1n) is 8.11. The first-order chi connectivity index (χ1) is 12.2. The van der Waals surface area contributed by atoms with Crippen LogP contribution in [0.15, 0.2) is 42.0 Å². The monoisotopic (exact) mass is 358 g/mol. The molecule has 25 heavy (non-hydrogen) atoms. The molecule has 0 N–H and O–H groups in total. The molecule has 0 aliphatic carbocycles.